The van der Waals surface area contributed by atoms with Crippen molar-refractivity contribution in [3.8, 4) is 0 Å². The number of Topliss-reactive ketones (excluding diaryl/α,β-unsaturated/α-hetero) is 1. The fourth-order valence-electron chi connectivity index (χ4n) is 2.66. The zero-order valence-electron chi connectivity index (χ0n) is 11.7. The van der Waals surface area contributed by atoms with Crippen LogP contribution in [0.5, 0.6) is 0 Å². The number of nitrogens with zero attached hydrogens (tertiary/aromatic N) is 5. The first-order valence-electron chi connectivity index (χ1n) is 6.89. The summed E-state index contributed by atoms with van der Waals surface area (Å²) in [5.41, 5.74) is 0.615. The smallest absolute Gasteiger partial charge is 0.225 e. The number of carbonyl (C=O) groups excluding carboxylic acids is 1. The van der Waals surface area contributed by atoms with E-state index in [1.54, 1.807) is 24.1 Å². The van der Waals surface area contributed by atoms with Gasteiger partial charge in [-0.15, -0.1) is 0 Å². The average Bonchev–Trinajstić information content (AvgIpc) is 3.09. The van der Waals surface area contributed by atoms with Gasteiger partial charge in [-0.3, -0.25) is 9.48 Å². The summed E-state index contributed by atoms with van der Waals surface area (Å²) in [4.78, 5) is 22.3. The summed E-state index contributed by atoms with van der Waals surface area (Å²) >= 11 is 0. The topological polar surface area (TPSA) is 63.9 Å². The molecule has 0 bridgehead atoms. The molecule has 2 aromatic heterocycles. The van der Waals surface area contributed by atoms with Crippen LogP contribution in [-0.2, 0) is 7.05 Å². The Hall–Kier alpha value is -2.31. The van der Waals surface area contributed by atoms with Gasteiger partial charge in [0.05, 0.1) is 24.2 Å². The van der Waals surface area contributed by atoms with Gasteiger partial charge in [-0.2, -0.15) is 5.10 Å². The Morgan fingerprint density at radius 1 is 1.38 bits per heavy atom. The Labute approximate surface area is 121 Å². The summed E-state index contributed by atoms with van der Waals surface area (Å²) in [5, 5.41) is 4.02. The molecule has 1 aliphatic heterocycles. The molecule has 0 spiro atoms. The quantitative estimate of drug-likeness (QED) is 0.800. The van der Waals surface area contributed by atoms with E-state index < -0.39 is 5.82 Å². The van der Waals surface area contributed by atoms with E-state index in [1.165, 1.54) is 0 Å². The van der Waals surface area contributed by atoms with E-state index in [0.717, 1.165) is 31.8 Å². The van der Waals surface area contributed by atoms with E-state index >= 15 is 0 Å². The average molecular weight is 289 g/mol. The number of ketones is 1. The molecule has 0 N–H and O–H groups in total. The van der Waals surface area contributed by atoms with Gasteiger partial charge in [0.1, 0.15) is 0 Å². The van der Waals surface area contributed by atoms with Crippen LogP contribution in [0.1, 0.15) is 29.6 Å². The van der Waals surface area contributed by atoms with E-state index in [-0.39, 0.29) is 11.8 Å². The number of carbonyl (C=O) groups is 1. The summed E-state index contributed by atoms with van der Waals surface area (Å²) in [6.07, 6.45) is 7.89. The molecule has 2 aromatic rings. The number of halogens is 1. The van der Waals surface area contributed by atoms with E-state index in [0.29, 0.717) is 17.9 Å². The van der Waals surface area contributed by atoms with Gasteiger partial charge in [0, 0.05) is 32.3 Å². The Morgan fingerprint density at radius 2 is 2.14 bits per heavy atom. The molecular formula is C14H16FN5O. The normalized spacial score (nSPS) is 18.2. The summed E-state index contributed by atoms with van der Waals surface area (Å²) in [5.74, 6) is 0.0842. The predicted octanol–water partition coefficient (Wildman–Crippen LogP) is 1.59. The number of hydrogen-bond donors (Lipinski definition) is 0. The van der Waals surface area contributed by atoms with E-state index in [4.69, 9.17) is 0 Å². The van der Waals surface area contributed by atoms with Gasteiger partial charge in [-0.25, -0.2) is 14.4 Å². The Balaban J connectivity index is 1.72. The predicted molar refractivity (Wildman–Crippen MR) is 74.5 cm³/mol. The van der Waals surface area contributed by atoms with Crippen LogP contribution in [0, 0.1) is 5.82 Å². The molecule has 1 saturated heterocycles. The first-order valence-corrected chi connectivity index (χ1v) is 6.89. The molecule has 0 saturated carbocycles. The molecule has 1 fully saturated rings. The van der Waals surface area contributed by atoms with E-state index in [1.807, 2.05) is 4.90 Å². The zero-order chi connectivity index (χ0) is 14.8. The molecule has 7 heteroatoms. The number of hydrogen-bond acceptors (Lipinski definition) is 5. The fraction of sp³-hybridized carbons (Fsp3) is 0.429. The molecule has 21 heavy (non-hydrogen) atoms. The Kier molecular flexibility index (Phi) is 3.64. The summed E-state index contributed by atoms with van der Waals surface area (Å²) < 4.78 is 14.5. The van der Waals surface area contributed by atoms with Crippen molar-refractivity contribution in [2.75, 3.05) is 11.4 Å². The third-order valence-electron chi connectivity index (χ3n) is 3.69. The first-order chi connectivity index (χ1) is 10.1. The van der Waals surface area contributed by atoms with Crippen molar-refractivity contribution in [3.63, 3.8) is 0 Å². The highest BCUT2D eigenvalue weighted by molar-refractivity contribution is 5.96. The third kappa shape index (κ3) is 2.91. The minimum Gasteiger partial charge on any atom is -0.337 e. The van der Waals surface area contributed by atoms with Crippen LogP contribution in [-0.4, -0.2) is 38.1 Å². The van der Waals surface area contributed by atoms with Crippen molar-refractivity contribution < 1.29 is 9.18 Å². The lowest BCUT2D eigenvalue weighted by Crippen LogP contribution is -2.32. The summed E-state index contributed by atoms with van der Waals surface area (Å²) in [6.45, 7) is 0.788. The number of rotatable bonds is 4. The summed E-state index contributed by atoms with van der Waals surface area (Å²) in [6, 6.07) is 0.0585. The molecule has 110 valence electrons. The van der Waals surface area contributed by atoms with Crippen LogP contribution in [0.4, 0.5) is 10.3 Å². The maximum Gasteiger partial charge on any atom is 0.225 e. The van der Waals surface area contributed by atoms with Crippen molar-refractivity contribution in [1.29, 1.82) is 0 Å². The second-order valence-corrected chi connectivity index (χ2v) is 5.22. The highest BCUT2D eigenvalue weighted by Gasteiger charge is 2.29. The van der Waals surface area contributed by atoms with Crippen molar-refractivity contribution in [2.45, 2.75) is 25.3 Å². The van der Waals surface area contributed by atoms with Gasteiger partial charge < -0.3 is 4.90 Å². The molecular weight excluding hydrogens is 273 g/mol. The monoisotopic (exact) mass is 289 g/mol. The number of aryl methyl sites for hydroxylation is 1. The number of aromatic nitrogens is 4. The van der Waals surface area contributed by atoms with Crippen molar-refractivity contribution in [3.05, 3.63) is 36.2 Å². The highest BCUT2D eigenvalue weighted by atomic mass is 19.1. The van der Waals surface area contributed by atoms with Gasteiger partial charge in [0.25, 0.3) is 0 Å². The van der Waals surface area contributed by atoms with Crippen LogP contribution in [0.15, 0.2) is 24.8 Å². The molecule has 3 rings (SSSR count). The van der Waals surface area contributed by atoms with Crippen LogP contribution in [0.2, 0.25) is 0 Å². The zero-order valence-corrected chi connectivity index (χ0v) is 11.7. The maximum absolute atomic E-state index is 12.9. The molecule has 0 aliphatic carbocycles. The molecule has 0 unspecified atom stereocenters. The minimum absolute atomic E-state index is 0.0575. The molecule has 0 radical (unpaired) electrons. The number of anilines is 1. The SMILES string of the molecule is Cn1cc(C(=O)C[C@@H]2CCCN2c2ncc(F)cn2)cn1. The highest BCUT2D eigenvalue weighted by Crippen LogP contribution is 2.25. The minimum atomic E-state index is -0.457. The lowest BCUT2D eigenvalue weighted by Gasteiger charge is -2.23. The molecule has 3 heterocycles. The van der Waals surface area contributed by atoms with Crippen molar-refractivity contribution in [2.24, 2.45) is 7.05 Å². The standard InChI is InChI=1S/C14H16FN5O/c1-19-9-10(6-18-19)13(21)5-12-3-2-4-20(12)14-16-7-11(15)8-17-14/h6-9,12H,2-5H2,1H3/t12-/m0/s1. The maximum atomic E-state index is 12.9. The lowest BCUT2D eigenvalue weighted by atomic mass is 10.0. The third-order valence-corrected chi connectivity index (χ3v) is 3.69. The van der Waals surface area contributed by atoms with E-state index in [9.17, 15) is 9.18 Å². The van der Waals surface area contributed by atoms with Crippen molar-refractivity contribution in [1.82, 2.24) is 19.7 Å². The fourth-order valence-corrected chi connectivity index (χ4v) is 2.66. The molecule has 0 amide bonds. The molecule has 0 aromatic carbocycles. The molecule has 1 atom stereocenters. The van der Waals surface area contributed by atoms with Gasteiger partial charge >= 0.3 is 0 Å². The lowest BCUT2D eigenvalue weighted by molar-refractivity contribution is 0.0974. The van der Waals surface area contributed by atoms with Crippen LogP contribution >= 0.6 is 0 Å². The molecule has 6 nitrogen and oxygen atoms in total. The van der Waals surface area contributed by atoms with Crippen LogP contribution in [0.3, 0.4) is 0 Å². The second kappa shape index (κ2) is 5.59. The van der Waals surface area contributed by atoms with Crippen LogP contribution < -0.4 is 4.90 Å². The van der Waals surface area contributed by atoms with Gasteiger partial charge in [-0.1, -0.05) is 0 Å². The Morgan fingerprint density at radius 3 is 2.81 bits per heavy atom. The first kappa shape index (κ1) is 13.7. The van der Waals surface area contributed by atoms with Gasteiger partial charge in [-0.05, 0) is 12.8 Å². The van der Waals surface area contributed by atoms with E-state index in [2.05, 4.69) is 15.1 Å². The van der Waals surface area contributed by atoms with Gasteiger partial charge in [0.15, 0.2) is 11.6 Å². The second-order valence-electron chi connectivity index (χ2n) is 5.22. The van der Waals surface area contributed by atoms with Crippen molar-refractivity contribution >= 4 is 11.7 Å². The van der Waals surface area contributed by atoms with Crippen LogP contribution in [0.25, 0.3) is 0 Å². The summed E-state index contributed by atoms with van der Waals surface area (Å²) in [7, 11) is 1.78. The molecule has 1 aliphatic rings. The largest absolute Gasteiger partial charge is 0.337 e. The van der Waals surface area contributed by atoms with Gasteiger partial charge in [0.2, 0.25) is 5.95 Å². The Bertz CT molecular complexity index is 639.